The van der Waals surface area contributed by atoms with Gasteiger partial charge in [-0.2, -0.15) is 0 Å². The molecule has 40 heavy (non-hydrogen) atoms. The van der Waals surface area contributed by atoms with Gasteiger partial charge < -0.3 is 24.5 Å². The standard InChI is InChI=1S/C29H35N3O7S/c33-26(32-14-17-38-18-15-32)19-24(21-40(36,37)20-23-9-5-2-6-10-23)28(35)31-25(27(34)29-30-13-16-39-29)12-11-22-7-3-1-4-8-22/h1-10,13,16,24-25,27,34H,11-12,14-15,17-21H2,(H,31,35)/t24?,25-,27?/m0/s1. The third-order valence-electron chi connectivity index (χ3n) is 6.84. The van der Waals surface area contributed by atoms with Crippen LogP contribution in [0, 0.1) is 5.92 Å². The Morgan fingerprint density at radius 2 is 1.65 bits per heavy atom. The second kappa shape index (κ2) is 14.2. The van der Waals surface area contributed by atoms with E-state index >= 15 is 0 Å². The van der Waals surface area contributed by atoms with Crippen molar-refractivity contribution in [1.29, 1.82) is 0 Å². The first-order chi connectivity index (χ1) is 19.3. The highest BCUT2D eigenvalue weighted by Gasteiger charge is 2.34. The molecule has 3 aromatic rings. The molecule has 1 aromatic heterocycles. The number of benzene rings is 2. The maximum Gasteiger partial charge on any atom is 0.224 e. The van der Waals surface area contributed by atoms with E-state index in [1.165, 1.54) is 12.5 Å². The van der Waals surface area contributed by atoms with Gasteiger partial charge >= 0.3 is 0 Å². The number of carbonyl (C=O) groups excluding carboxylic acids is 2. The molecule has 2 amide bonds. The Bertz CT molecular complexity index is 1310. The number of nitrogens with one attached hydrogen (secondary N) is 1. The van der Waals surface area contributed by atoms with Crippen molar-refractivity contribution in [3.8, 4) is 0 Å². The molecule has 2 heterocycles. The van der Waals surface area contributed by atoms with Crippen LogP contribution in [0.2, 0.25) is 0 Å². The summed E-state index contributed by atoms with van der Waals surface area (Å²) in [4.78, 5) is 32.4. The zero-order valence-corrected chi connectivity index (χ0v) is 23.0. The average molecular weight is 570 g/mol. The van der Waals surface area contributed by atoms with Crippen molar-refractivity contribution in [2.75, 3.05) is 32.1 Å². The minimum Gasteiger partial charge on any atom is -0.446 e. The number of hydrogen-bond donors (Lipinski definition) is 2. The number of ether oxygens (including phenoxy) is 1. The van der Waals surface area contributed by atoms with Gasteiger partial charge in [-0.25, -0.2) is 13.4 Å². The van der Waals surface area contributed by atoms with Crippen molar-refractivity contribution in [3.05, 3.63) is 90.1 Å². The number of rotatable bonds is 13. The van der Waals surface area contributed by atoms with Crippen LogP contribution in [0.3, 0.4) is 0 Å². The monoisotopic (exact) mass is 569 g/mol. The fourth-order valence-electron chi connectivity index (χ4n) is 4.70. The fourth-order valence-corrected chi connectivity index (χ4v) is 6.40. The van der Waals surface area contributed by atoms with Crippen LogP contribution in [0.1, 0.15) is 36.0 Å². The van der Waals surface area contributed by atoms with Crippen LogP contribution >= 0.6 is 0 Å². The number of oxazole rings is 1. The van der Waals surface area contributed by atoms with Gasteiger partial charge in [0.2, 0.25) is 17.7 Å². The van der Waals surface area contributed by atoms with Crippen LogP contribution < -0.4 is 5.32 Å². The number of sulfone groups is 1. The largest absolute Gasteiger partial charge is 0.446 e. The van der Waals surface area contributed by atoms with Gasteiger partial charge in [-0.1, -0.05) is 60.7 Å². The number of aryl methyl sites for hydroxylation is 1. The molecule has 1 aliphatic rings. The lowest BCUT2D eigenvalue weighted by atomic mass is 9.99. The van der Waals surface area contributed by atoms with Gasteiger partial charge in [-0.05, 0) is 24.0 Å². The summed E-state index contributed by atoms with van der Waals surface area (Å²) in [6.07, 6.45) is 2.05. The smallest absolute Gasteiger partial charge is 0.224 e. The molecule has 2 aromatic carbocycles. The third kappa shape index (κ3) is 8.73. The Hall–Kier alpha value is -3.54. The number of aromatic nitrogens is 1. The zero-order valence-electron chi connectivity index (χ0n) is 22.2. The molecule has 10 nitrogen and oxygen atoms in total. The summed E-state index contributed by atoms with van der Waals surface area (Å²) in [7, 11) is -3.76. The molecule has 1 aliphatic heterocycles. The maximum atomic E-state index is 13.7. The molecule has 1 saturated heterocycles. The zero-order chi connectivity index (χ0) is 28.4. The summed E-state index contributed by atoms with van der Waals surface area (Å²) in [5.74, 6) is -2.81. The van der Waals surface area contributed by atoms with E-state index in [1.807, 2.05) is 30.3 Å². The molecule has 4 rings (SSSR count). The summed E-state index contributed by atoms with van der Waals surface area (Å²) in [6, 6.07) is 17.5. The second-order valence-electron chi connectivity index (χ2n) is 9.89. The van der Waals surface area contributed by atoms with Crippen molar-refractivity contribution in [1.82, 2.24) is 15.2 Å². The molecule has 2 N–H and O–H groups in total. The van der Waals surface area contributed by atoms with Crippen LogP contribution in [-0.2, 0) is 36.3 Å². The van der Waals surface area contributed by atoms with Gasteiger partial charge in [0.05, 0.1) is 42.9 Å². The van der Waals surface area contributed by atoms with Crippen molar-refractivity contribution < 1.29 is 32.3 Å². The van der Waals surface area contributed by atoms with E-state index in [4.69, 9.17) is 9.15 Å². The van der Waals surface area contributed by atoms with E-state index in [2.05, 4.69) is 10.3 Å². The summed E-state index contributed by atoms with van der Waals surface area (Å²) in [6.45, 7) is 1.54. The molecule has 0 bridgehead atoms. The lowest BCUT2D eigenvalue weighted by molar-refractivity contribution is -0.139. The number of morpholine rings is 1. The van der Waals surface area contributed by atoms with Crippen molar-refractivity contribution >= 4 is 21.7 Å². The SMILES string of the molecule is O=C(N[C@@H](CCc1ccccc1)C(O)c1ncco1)C(CC(=O)N1CCOCC1)CS(=O)(=O)Cc1ccccc1. The van der Waals surface area contributed by atoms with Crippen LogP contribution in [0.25, 0.3) is 0 Å². The van der Waals surface area contributed by atoms with Gasteiger partial charge in [-0.15, -0.1) is 0 Å². The topological polar surface area (TPSA) is 139 Å². The molecule has 11 heteroatoms. The first kappa shape index (κ1) is 29.4. The highest BCUT2D eigenvalue weighted by atomic mass is 32.2. The van der Waals surface area contributed by atoms with E-state index in [0.717, 1.165) is 5.56 Å². The highest BCUT2D eigenvalue weighted by Crippen LogP contribution is 2.22. The number of nitrogens with zero attached hydrogens (tertiary/aromatic N) is 2. The lowest BCUT2D eigenvalue weighted by Crippen LogP contribution is -2.47. The van der Waals surface area contributed by atoms with Crippen LogP contribution in [0.15, 0.2) is 77.5 Å². The van der Waals surface area contributed by atoms with E-state index in [0.29, 0.717) is 44.7 Å². The van der Waals surface area contributed by atoms with E-state index < -0.39 is 39.6 Å². The van der Waals surface area contributed by atoms with Crippen LogP contribution in [-0.4, -0.2) is 73.3 Å². The molecule has 3 atom stereocenters. The molecule has 0 saturated carbocycles. The molecule has 2 unspecified atom stereocenters. The van der Waals surface area contributed by atoms with Crippen molar-refractivity contribution in [3.63, 3.8) is 0 Å². The fraction of sp³-hybridized carbons (Fsp3) is 0.414. The minimum atomic E-state index is -3.76. The summed E-state index contributed by atoms with van der Waals surface area (Å²) >= 11 is 0. The van der Waals surface area contributed by atoms with Gasteiger partial charge in [0, 0.05) is 19.5 Å². The molecule has 214 valence electrons. The van der Waals surface area contributed by atoms with Crippen LogP contribution in [0.5, 0.6) is 0 Å². The van der Waals surface area contributed by atoms with Crippen molar-refractivity contribution in [2.24, 2.45) is 5.92 Å². The lowest BCUT2D eigenvalue weighted by Gasteiger charge is -2.29. The van der Waals surface area contributed by atoms with Crippen molar-refractivity contribution in [2.45, 2.75) is 37.2 Å². The number of hydrogen-bond acceptors (Lipinski definition) is 8. The van der Waals surface area contributed by atoms with E-state index in [1.54, 1.807) is 35.2 Å². The van der Waals surface area contributed by atoms with E-state index in [9.17, 15) is 23.1 Å². The minimum absolute atomic E-state index is 0.0380. The molecule has 0 radical (unpaired) electrons. The van der Waals surface area contributed by atoms with Gasteiger partial charge in [0.1, 0.15) is 6.26 Å². The van der Waals surface area contributed by atoms with E-state index in [-0.39, 0.29) is 24.0 Å². The maximum absolute atomic E-state index is 13.7. The Morgan fingerprint density at radius 1 is 1.00 bits per heavy atom. The number of amides is 2. The Morgan fingerprint density at radius 3 is 2.27 bits per heavy atom. The predicted molar refractivity (Wildman–Crippen MR) is 148 cm³/mol. The number of aliphatic hydroxyl groups is 1. The summed E-state index contributed by atoms with van der Waals surface area (Å²) < 4.78 is 37.0. The molecule has 0 spiro atoms. The Balaban J connectivity index is 1.53. The van der Waals surface area contributed by atoms with Gasteiger partial charge in [0.25, 0.3) is 0 Å². The molecular formula is C29H35N3O7S. The first-order valence-electron chi connectivity index (χ1n) is 13.3. The van der Waals surface area contributed by atoms with Crippen LogP contribution in [0.4, 0.5) is 0 Å². The summed E-state index contributed by atoms with van der Waals surface area (Å²) in [5, 5.41) is 13.8. The predicted octanol–water partition coefficient (Wildman–Crippen LogP) is 2.31. The van der Waals surface area contributed by atoms with Gasteiger partial charge in [-0.3, -0.25) is 9.59 Å². The Kier molecular flexibility index (Phi) is 10.5. The normalized spacial score (nSPS) is 16.2. The second-order valence-corrected chi connectivity index (χ2v) is 12.0. The summed E-state index contributed by atoms with van der Waals surface area (Å²) in [5.41, 5.74) is 1.60. The molecule has 0 aliphatic carbocycles. The number of aliphatic hydroxyl groups excluding tert-OH is 1. The highest BCUT2D eigenvalue weighted by molar-refractivity contribution is 7.90. The van der Waals surface area contributed by atoms with Gasteiger partial charge in [0.15, 0.2) is 15.9 Å². The first-order valence-corrected chi connectivity index (χ1v) is 15.1. The molecule has 1 fully saturated rings. The quantitative estimate of drug-likeness (QED) is 0.320. The molecular weight excluding hydrogens is 534 g/mol. The number of carbonyl (C=O) groups is 2. The average Bonchev–Trinajstić information content (AvgIpc) is 3.51. The third-order valence-corrected chi connectivity index (χ3v) is 8.52. The Labute approximate surface area is 234 Å².